The van der Waals surface area contributed by atoms with Crippen molar-refractivity contribution in [1.82, 2.24) is 19.7 Å². The predicted molar refractivity (Wildman–Crippen MR) is 121 cm³/mol. The Hall–Kier alpha value is -2.87. The van der Waals surface area contributed by atoms with Crippen molar-refractivity contribution in [2.75, 3.05) is 30.8 Å². The number of amides is 1. The molecule has 1 aliphatic rings. The molecule has 1 aromatic heterocycles. The molecule has 0 radical (unpaired) electrons. The van der Waals surface area contributed by atoms with Gasteiger partial charge in [-0.05, 0) is 49.1 Å². The highest BCUT2D eigenvalue weighted by Gasteiger charge is 2.22. The van der Waals surface area contributed by atoms with Crippen molar-refractivity contribution in [2.45, 2.75) is 31.0 Å². The molecule has 1 amide bonds. The van der Waals surface area contributed by atoms with Gasteiger partial charge in [-0.15, -0.1) is 10.2 Å². The quantitative estimate of drug-likeness (QED) is 0.518. The van der Waals surface area contributed by atoms with Crippen molar-refractivity contribution < 1.29 is 9.18 Å². The molecule has 2 aromatic carbocycles. The van der Waals surface area contributed by atoms with E-state index in [0.29, 0.717) is 11.7 Å². The fourth-order valence-electron chi connectivity index (χ4n) is 3.65. The van der Waals surface area contributed by atoms with E-state index in [-0.39, 0.29) is 17.5 Å². The Bertz CT molecular complexity index is 1000. The van der Waals surface area contributed by atoms with Gasteiger partial charge in [0, 0.05) is 26.7 Å². The third kappa shape index (κ3) is 5.25. The molecule has 1 saturated heterocycles. The van der Waals surface area contributed by atoms with Gasteiger partial charge in [-0.1, -0.05) is 42.1 Å². The number of anilines is 1. The first kappa shape index (κ1) is 21.4. The number of hydrogen-bond acceptors (Lipinski definition) is 5. The Morgan fingerprint density at radius 1 is 1.03 bits per heavy atom. The van der Waals surface area contributed by atoms with Gasteiger partial charge < -0.3 is 9.80 Å². The minimum absolute atomic E-state index is 0.0172. The molecule has 1 fully saturated rings. The molecule has 8 heteroatoms. The summed E-state index contributed by atoms with van der Waals surface area (Å²) < 4.78 is 15.1. The third-order valence-electron chi connectivity index (χ3n) is 5.35. The van der Waals surface area contributed by atoms with Gasteiger partial charge in [0.25, 0.3) is 0 Å². The van der Waals surface area contributed by atoms with Crippen molar-refractivity contribution >= 4 is 23.6 Å². The number of carbonyl (C=O) groups excluding carboxylic acids is 1. The van der Waals surface area contributed by atoms with E-state index >= 15 is 0 Å². The zero-order valence-electron chi connectivity index (χ0n) is 17.6. The Morgan fingerprint density at radius 3 is 2.45 bits per heavy atom. The summed E-state index contributed by atoms with van der Waals surface area (Å²) in [5.74, 6) is 0.790. The van der Waals surface area contributed by atoms with Crippen LogP contribution in [0.1, 0.15) is 24.8 Å². The average Bonchev–Trinajstić information content (AvgIpc) is 3.24. The number of aromatic nitrogens is 3. The largest absolute Gasteiger partial charge is 0.341 e. The lowest BCUT2D eigenvalue weighted by Gasteiger charge is -2.27. The number of thioether (sulfide) groups is 1. The number of rotatable bonds is 7. The SMILES string of the molecule is CN(Cc1ccc(F)cc1)C(=O)CSc1nnc(N2CCCCC2)n1-c1ccccc1. The molecule has 31 heavy (non-hydrogen) atoms. The Kier molecular flexibility index (Phi) is 6.86. The minimum Gasteiger partial charge on any atom is -0.341 e. The van der Waals surface area contributed by atoms with E-state index in [2.05, 4.69) is 15.1 Å². The Labute approximate surface area is 186 Å². The second-order valence-electron chi connectivity index (χ2n) is 7.67. The van der Waals surface area contributed by atoms with Gasteiger partial charge in [-0.3, -0.25) is 9.36 Å². The standard InChI is InChI=1S/C23H26FN5OS/c1-27(16-18-10-12-19(24)13-11-18)21(30)17-31-23-26-25-22(28-14-6-3-7-15-28)29(23)20-8-4-2-5-9-20/h2,4-5,8-13H,3,6-7,14-17H2,1H3. The number of halogens is 1. The Morgan fingerprint density at radius 2 is 1.74 bits per heavy atom. The van der Waals surface area contributed by atoms with Gasteiger partial charge in [0.15, 0.2) is 5.16 Å². The maximum absolute atomic E-state index is 13.1. The lowest BCUT2D eigenvalue weighted by atomic mass is 10.1. The molecule has 4 rings (SSSR count). The van der Waals surface area contributed by atoms with Crippen LogP contribution in [-0.2, 0) is 11.3 Å². The van der Waals surface area contributed by atoms with Gasteiger partial charge >= 0.3 is 0 Å². The third-order valence-corrected chi connectivity index (χ3v) is 6.27. The predicted octanol–water partition coefficient (Wildman–Crippen LogP) is 4.15. The number of carbonyl (C=O) groups is 1. The highest BCUT2D eigenvalue weighted by molar-refractivity contribution is 7.99. The van der Waals surface area contributed by atoms with Gasteiger partial charge in [0.05, 0.1) is 11.4 Å². The van der Waals surface area contributed by atoms with E-state index in [1.165, 1.54) is 30.3 Å². The summed E-state index contributed by atoms with van der Waals surface area (Å²) in [6.07, 6.45) is 3.54. The van der Waals surface area contributed by atoms with Crippen LogP contribution in [0.25, 0.3) is 5.69 Å². The fourth-order valence-corrected chi connectivity index (χ4v) is 4.53. The van der Waals surface area contributed by atoms with Crippen LogP contribution in [0.4, 0.5) is 10.3 Å². The molecule has 2 heterocycles. The van der Waals surface area contributed by atoms with Crippen LogP contribution in [0, 0.1) is 5.82 Å². The van der Waals surface area contributed by atoms with Crippen LogP contribution in [0.15, 0.2) is 59.8 Å². The summed E-state index contributed by atoms with van der Waals surface area (Å²) in [6.45, 7) is 2.37. The van der Waals surface area contributed by atoms with Gasteiger partial charge in [0.2, 0.25) is 11.9 Å². The van der Waals surface area contributed by atoms with Crippen LogP contribution in [-0.4, -0.2) is 51.5 Å². The molecular weight excluding hydrogens is 413 g/mol. The van der Waals surface area contributed by atoms with E-state index in [9.17, 15) is 9.18 Å². The van der Waals surface area contributed by atoms with E-state index < -0.39 is 0 Å². The normalized spacial score (nSPS) is 13.9. The first-order valence-electron chi connectivity index (χ1n) is 10.5. The van der Waals surface area contributed by atoms with Crippen molar-refractivity contribution in [1.29, 1.82) is 0 Å². The molecular formula is C23H26FN5OS. The molecule has 0 spiro atoms. The smallest absolute Gasteiger partial charge is 0.233 e. The van der Waals surface area contributed by atoms with Crippen molar-refractivity contribution in [2.24, 2.45) is 0 Å². The maximum atomic E-state index is 13.1. The number of hydrogen-bond donors (Lipinski definition) is 0. The van der Waals surface area contributed by atoms with Crippen LogP contribution in [0.2, 0.25) is 0 Å². The number of benzene rings is 2. The van der Waals surface area contributed by atoms with Gasteiger partial charge in [0.1, 0.15) is 5.82 Å². The summed E-state index contributed by atoms with van der Waals surface area (Å²) in [4.78, 5) is 16.6. The molecule has 1 aliphatic heterocycles. The fraction of sp³-hybridized carbons (Fsp3) is 0.348. The second kappa shape index (κ2) is 9.96. The maximum Gasteiger partial charge on any atom is 0.233 e. The molecule has 3 aromatic rings. The van der Waals surface area contributed by atoms with E-state index in [1.807, 2.05) is 34.9 Å². The molecule has 0 N–H and O–H groups in total. The molecule has 162 valence electrons. The van der Waals surface area contributed by atoms with Crippen LogP contribution >= 0.6 is 11.8 Å². The van der Waals surface area contributed by atoms with Crippen molar-refractivity contribution in [3.05, 3.63) is 66.0 Å². The average molecular weight is 440 g/mol. The van der Waals surface area contributed by atoms with Gasteiger partial charge in [-0.2, -0.15) is 0 Å². The first-order valence-corrected chi connectivity index (χ1v) is 11.5. The van der Waals surface area contributed by atoms with E-state index in [4.69, 9.17) is 0 Å². The molecule has 0 bridgehead atoms. The minimum atomic E-state index is -0.280. The number of para-hydroxylation sites is 1. The molecule has 0 atom stereocenters. The molecule has 0 aliphatic carbocycles. The van der Waals surface area contributed by atoms with Crippen LogP contribution in [0.3, 0.4) is 0 Å². The summed E-state index contributed by atoms with van der Waals surface area (Å²) in [7, 11) is 1.76. The second-order valence-corrected chi connectivity index (χ2v) is 8.61. The highest BCUT2D eigenvalue weighted by atomic mass is 32.2. The number of nitrogens with zero attached hydrogens (tertiary/aromatic N) is 5. The monoisotopic (exact) mass is 439 g/mol. The van der Waals surface area contributed by atoms with E-state index in [0.717, 1.165) is 43.1 Å². The molecule has 0 unspecified atom stereocenters. The topological polar surface area (TPSA) is 54.3 Å². The first-order chi connectivity index (χ1) is 15.1. The van der Waals surface area contributed by atoms with Crippen LogP contribution in [0.5, 0.6) is 0 Å². The lowest BCUT2D eigenvalue weighted by Crippen LogP contribution is -2.31. The van der Waals surface area contributed by atoms with Gasteiger partial charge in [-0.25, -0.2) is 4.39 Å². The lowest BCUT2D eigenvalue weighted by molar-refractivity contribution is -0.127. The zero-order valence-corrected chi connectivity index (χ0v) is 18.4. The summed E-state index contributed by atoms with van der Waals surface area (Å²) >= 11 is 1.39. The van der Waals surface area contributed by atoms with Crippen molar-refractivity contribution in [3.63, 3.8) is 0 Å². The Balaban J connectivity index is 1.48. The van der Waals surface area contributed by atoms with E-state index in [1.54, 1.807) is 24.1 Å². The van der Waals surface area contributed by atoms with Crippen molar-refractivity contribution in [3.8, 4) is 5.69 Å². The summed E-state index contributed by atoms with van der Waals surface area (Å²) in [6, 6.07) is 16.2. The molecule has 0 saturated carbocycles. The molecule has 6 nitrogen and oxygen atoms in total. The highest BCUT2D eigenvalue weighted by Crippen LogP contribution is 2.28. The summed E-state index contributed by atoms with van der Waals surface area (Å²) in [5, 5.41) is 9.59. The number of piperidine rings is 1. The van der Waals surface area contributed by atoms with Crippen LogP contribution < -0.4 is 4.90 Å². The zero-order chi connectivity index (χ0) is 21.6. The summed E-state index contributed by atoms with van der Waals surface area (Å²) in [5.41, 5.74) is 1.88.